The molecule has 2 rings (SSSR count). The molecule has 4 heteroatoms. The van der Waals surface area contributed by atoms with E-state index in [0.717, 1.165) is 23.2 Å². The van der Waals surface area contributed by atoms with Gasteiger partial charge in [-0.25, -0.2) is 0 Å². The van der Waals surface area contributed by atoms with Crippen molar-refractivity contribution >= 4 is 27.3 Å². The Morgan fingerprint density at radius 1 is 1.67 bits per heavy atom. The molecule has 1 fully saturated rings. The van der Waals surface area contributed by atoms with Crippen molar-refractivity contribution < 1.29 is 4.74 Å². The predicted octanol–water partition coefficient (Wildman–Crippen LogP) is 3.39. The van der Waals surface area contributed by atoms with Crippen LogP contribution >= 0.6 is 27.3 Å². The molecule has 2 heterocycles. The second-order valence-corrected chi connectivity index (χ2v) is 6.94. The molecule has 0 saturated carbocycles. The van der Waals surface area contributed by atoms with Gasteiger partial charge in [-0.1, -0.05) is 0 Å². The van der Waals surface area contributed by atoms with Crippen molar-refractivity contribution in [2.75, 3.05) is 6.61 Å². The number of halogens is 1. The van der Waals surface area contributed by atoms with Crippen LogP contribution in [0.25, 0.3) is 0 Å². The van der Waals surface area contributed by atoms with Gasteiger partial charge in [0.05, 0.1) is 15.4 Å². The summed E-state index contributed by atoms with van der Waals surface area (Å²) in [6, 6.07) is 2.11. The van der Waals surface area contributed by atoms with E-state index < -0.39 is 0 Å². The Balaban J connectivity index is 2.27. The van der Waals surface area contributed by atoms with Gasteiger partial charge in [-0.05, 0) is 54.2 Å². The molecule has 1 saturated heterocycles. The van der Waals surface area contributed by atoms with E-state index in [4.69, 9.17) is 10.5 Å². The van der Waals surface area contributed by atoms with Crippen LogP contribution < -0.4 is 5.73 Å². The summed E-state index contributed by atoms with van der Waals surface area (Å²) in [5.74, 6) is 0. The van der Waals surface area contributed by atoms with Gasteiger partial charge in [0, 0.05) is 11.5 Å². The lowest BCUT2D eigenvalue weighted by Gasteiger charge is -2.30. The predicted molar refractivity (Wildman–Crippen MR) is 67.3 cm³/mol. The molecule has 1 aromatic rings. The third-order valence-corrected chi connectivity index (χ3v) is 4.74. The summed E-state index contributed by atoms with van der Waals surface area (Å²) in [6.45, 7) is 5.08. The molecule has 1 aromatic heterocycles. The van der Waals surface area contributed by atoms with E-state index in [9.17, 15) is 0 Å². The largest absolute Gasteiger partial charge is 0.373 e. The fourth-order valence-electron chi connectivity index (χ4n) is 2.14. The van der Waals surface area contributed by atoms with Crippen LogP contribution in [-0.2, 0) is 4.74 Å². The average Bonchev–Trinajstić information content (AvgIpc) is 2.73. The first-order valence-electron chi connectivity index (χ1n) is 5.18. The Morgan fingerprint density at radius 2 is 2.40 bits per heavy atom. The molecule has 0 spiro atoms. The fourth-order valence-corrected chi connectivity index (χ4v) is 3.90. The highest BCUT2D eigenvalue weighted by Gasteiger charge is 2.38. The maximum atomic E-state index is 6.31. The van der Waals surface area contributed by atoms with Crippen LogP contribution in [-0.4, -0.2) is 12.2 Å². The minimum Gasteiger partial charge on any atom is -0.373 e. The van der Waals surface area contributed by atoms with Crippen molar-refractivity contribution in [3.05, 3.63) is 20.3 Å². The van der Waals surface area contributed by atoms with E-state index in [1.54, 1.807) is 11.3 Å². The van der Waals surface area contributed by atoms with Gasteiger partial charge in [0.25, 0.3) is 0 Å². The Bertz CT molecular complexity index is 357. The van der Waals surface area contributed by atoms with Gasteiger partial charge in [0.2, 0.25) is 0 Å². The quantitative estimate of drug-likeness (QED) is 0.906. The van der Waals surface area contributed by atoms with Crippen molar-refractivity contribution in [2.45, 2.75) is 38.3 Å². The monoisotopic (exact) mass is 289 g/mol. The molecule has 0 amide bonds. The zero-order valence-corrected chi connectivity index (χ0v) is 11.5. The van der Waals surface area contributed by atoms with Crippen molar-refractivity contribution in [2.24, 2.45) is 5.73 Å². The average molecular weight is 290 g/mol. The van der Waals surface area contributed by atoms with Crippen LogP contribution in [0.4, 0.5) is 0 Å². The molecule has 15 heavy (non-hydrogen) atoms. The number of ether oxygens (including phenoxy) is 1. The molecule has 2 nitrogen and oxygen atoms in total. The summed E-state index contributed by atoms with van der Waals surface area (Å²) < 4.78 is 6.93. The van der Waals surface area contributed by atoms with Gasteiger partial charge in [0.1, 0.15) is 0 Å². The third kappa shape index (κ3) is 2.13. The van der Waals surface area contributed by atoms with Crippen LogP contribution in [0.5, 0.6) is 0 Å². The van der Waals surface area contributed by atoms with Crippen LogP contribution in [0.3, 0.4) is 0 Å². The molecule has 84 valence electrons. The van der Waals surface area contributed by atoms with E-state index in [1.807, 2.05) is 0 Å². The number of rotatable bonds is 2. The molecule has 0 aliphatic carbocycles. The van der Waals surface area contributed by atoms with Gasteiger partial charge in [0.15, 0.2) is 0 Å². The van der Waals surface area contributed by atoms with E-state index >= 15 is 0 Å². The molecule has 2 N–H and O–H groups in total. The smallest absolute Gasteiger partial charge is 0.0847 e. The second-order valence-electron chi connectivity index (χ2n) is 4.30. The lowest BCUT2D eigenvalue weighted by molar-refractivity contribution is -0.00177. The zero-order chi connectivity index (χ0) is 11.1. The summed E-state index contributed by atoms with van der Waals surface area (Å²) >= 11 is 5.24. The minimum atomic E-state index is -0.175. The summed E-state index contributed by atoms with van der Waals surface area (Å²) in [5, 5.41) is 0. The van der Waals surface area contributed by atoms with Crippen molar-refractivity contribution in [1.29, 1.82) is 0 Å². The van der Waals surface area contributed by atoms with Gasteiger partial charge >= 0.3 is 0 Å². The fraction of sp³-hybridized carbons (Fsp3) is 0.636. The molecule has 1 aliphatic rings. The highest BCUT2D eigenvalue weighted by Crippen LogP contribution is 2.40. The maximum absolute atomic E-state index is 6.31. The van der Waals surface area contributed by atoms with Crippen molar-refractivity contribution in [3.8, 4) is 0 Å². The summed E-state index contributed by atoms with van der Waals surface area (Å²) in [4.78, 5) is 1.28. The number of thiophene rings is 1. The van der Waals surface area contributed by atoms with Crippen LogP contribution in [0.2, 0.25) is 0 Å². The Hall–Kier alpha value is 0.1000. The van der Waals surface area contributed by atoms with E-state index in [0.29, 0.717) is 0 Å². The van der Waals surface area contributed by atoms with Gasteiger partial charge in [-0.15, -0.1) is 11.3 Å². The first-order chi connectivity index (χ1) is 7.03. The van der Waals surface area contributed by atoms with Gasteiger partial charge in [-0.3, -0.25) is 0 Å². The minimum absolute atomic E-state index is 0.0115. The molecule has 0 bridgehead atoms. The lowest BCUT2D eigenvalue weighted by Crippen LogP contribution is -2.37. The lowest BCUT2D eigenvalue weighted by atomic mass is 9.89. The first-order valence-corrected chi connectivity index (χ1v) is 6.79. The topological polar surface area (TPSA) is 35.2 Å². The molecule has 2 unspecified atom stereocenters. The van der Waals surface area contributed by atoms with E-state index in [-0.39, 0.29) is 11.6 Å². The van der Waals surface area contributed by atoms with Crippen LogP contribution in [0.15, 0.2) is 9.85 Å². The second kappa shape index (κ2) is 4.17. The van der Waals surface area contributed by atoms with E-state index in [1.165, 1.54) is 10.4 Å². The highest BCUT2D eigenvalue weighted by molar-refractivity contribution is 9.11. The number of hydrogen-bond acceptors (Lipinski definition) is 3. The number of nitrogens with two attached hydrogens (primary N) is 1. The normalized spacial score (nSPS) is 28.3. The van der Waals surface area contributed by atoms with Gasteiger partial charge < -0.3 is 10.5 Å². The number of aryl methyl sites for hydroxylation is 1. The van der Waals surface area contributed by atoms with Crippen LogP contribution in [0, 0.1) is 6.92 Å². The Labute approximate surface area is 103 Å². The molecule has 2 atom stereocenters. The standard InChI is InChI=1S/C11H16BrNOS/c1-7-8(6-9(12)15-7)10(13)11(2)4-3-5-14-11/h6,10H,3-5,13H2,1-2H3. The molecule has 1 aliphatic heterocycles. The Kier molecular flexibility index (Phi) is 3.22. The Morgan fingerprint density at radius 3 is 2.87 bits per heavy atom. The number of hydrogen-bond donors (Lipinski definition) is 1. The van der Waals surface area contributed by atoms with E-state index in [2.05, 4.69) is 35.8 Å². The molecule has 0 aromatic carbocycles. The van der Waals surface area contributed by atoms with Crippen molar-refractivity contribution in [3.63, 3.8) is 0 Å². The van der Waals surface area contributed by atoms with Gasteiger partial charge in [-0.2, -0.15) is 0 Å². The molecular weight excluding hydrogens is 274 g/mol. The first kappa shape index (κ1) is 11.6. The highest BCUT2D eigenvalue weighted by atomic mass is 79.9. The summed E-state index contributed by atoms with van der Waals surface area (Å²) in [7, 11) is 0. The molecule has 0 radical (unpaired) electrons. The summed E-state index contributed by atoms with van der Waals surface area (Å²) in [6.07, 6.45) is 2.18. The zero-order valence-electron chi connectivity index (χ0n) is 9.05. The molecular formula is C11H16BrNOS. The maximum Gasteiger partial charge on any atom is 0.0847 e. The third-order valence-electron chi connectivity index (χ3n) is 3.17. The summed E-state index contributed by atoms with van der Waals surface area (Å²) in [5.41, 5.74) is 7.35. The van der Waals surface area contributed by atoms with Crippen LogP contribution in [0.1, 0.15) is 36.2 Å². The SMILES string of the molecule is Cc1sc(Br)cc1C(N)C1(C)CCCO1. The van der Waals surface area contributed by atoms with Crippen molar-refractivity contribution in [1.82, 2.24) is 0 Å².